The molecule has 1 saturated heterocycles. The number of phenols is 1. The van der Waals surface area contributed by atoms with Crippen LogP contribution >= 0.6 is 0 Å². The first-order valence-electron chi connectivity index (χ1n) is 10.4. The van der Waals surface area contributed by atoms with E-state index in [2.05, 4.69) is 4.74 Å². The predicted molar refractivity (Wildman–Crippen MR) is 112 cm³/mol. The number of rotatable bonds is 5. The van der Waals surface area contributed by atoms with E-state index in [1.54, 1.807) is 0 Å². The minimum absolute atomic E-state index is 0.00470. The normalized spacial score (nSPS) is 17.2. The Hall–Kier alpha value is -3.04. The molecule has 1 aliphatic carbocycles. The molecule has 1 heterocycles. The molecule has 0 atom stereocenters. The van der Waals surface area contributed by atoms with Crippen LogP contribution in [0.4, 0.5) is 16.2 Å². The Kier molecular flexibility index (Phi) is 6.28. The van der Waals surface area contributed by atoms with Crippen LogP contribution in [0, 0.1) is 10.1 Å². The molecule has 0 spiro atoms. The van der Waals surface area contributed by atoms with Crippen molar-refractivity contribution in [2.45, 2.75) is 64.1 Å². The van der Waals surface area contributed by atoms with Crippen LogP contribution in [0.25, 0.3) is 0 Å². The fraction of sp³-hybridized carbons (Fsp3) is 0.619. The molecule has 0 aromatic heterocycles. The monoisotopic (exact) mass is 435 g/mol. The lowest BCUT2D eigenvalue weighted by molar-refractivity contribution is -0.386. The first kappa shape index (κ1) is 22.6. The van der Waals surface area contributed by atoms with Crippen LogP contribution in [0.2, 0.25) is 0 Å². The average Bonchev–Trinajstić information content (AvgIpc) is 3.51. The van der Waals surface area contributed by atoms with Gasteiger partial charge in [-0.15, -0.1) is 0 Å². The minimum Gasteiger partial charge on any atom is -0.501 e. The van der Waals surface area contributed by atoms with E-state index in [0.29, 0.717) is 25.9 Å². The first-order valence-corrected chi connectivity index (χ1v) is 10.4. The maximum Gasteiger partial charge on any atom is 0.410 e. The van der Waals surface area contributed by atoms with Crippen molar-refractivity contribution in [2.75, 3.05) is 25.1 Å². The zero-order chi connectivity index (χ0) is 22.9. The number of nitro benzene ring substituents is 1. The molecule has 2 aliphatic rings. The number of piperidine rings is 1. The molecular formula is C21H29N3O7. The van der Waals surface area contributed by atoms with E-state index in [0.717, 1.165) is 20.0 Å². The second-order valence-electron chi connectivity index (χ2n) is 8.92. The zero-order valence-corrected chi connectivity index (χ0v) is 18.3. The Labute approximate surface area is 180 Å². The van der Waals surface area contributed by atoms with Gasteiger partial charge in [-0.2, -0.15) is 0 Å². The highest BCUT2D eigenvalue weighted by Gasteiger charge is 2.41. The van der Waals surface area contributed by atoms with Gasteiger partial charge in [-0.1, -0.05) is 0 Å². The highest BCUT2D eigenvalue weighted by molar-refractivity contribution is 5.96. The molecule has 3 rings (SSSR count). The molecule has 0 unspecified atom stereocenters. The average molecular weight is 435 g/mol. The molecule has 1 amide bonds. The molecule has 1 aliphatic heterocycles. The number of benzene rings is 1. The number of carbonyl (C=O) groups excluding carboxylic acids is 2. The van der Waals surface area contributed by atoms with Crippen molar-refractivity contribution < 1.29 is 29.1 Å². The van der Waals surface area contributed by atoms with E-state index in [1.165, 1.54) is 12.1 Å². The summed E-state index contributed by atoms with van der Waals surface area (Å²) < 4.78 is 10.2. The summed E-state index contributed by atoms with van der Waals surface area (Å²) in [5.74, 6) is -1.44. The largest absolute Gasteiger partial charge is 0.501 e. The van der Waals surface area contributed by atoms with E-state index in [1.807, 2.05) is 30.6 Å². The Morgan fingerprint density at radius 2 is 1.74 bits per heavy atom. The van der Waals surface area contributed by atoms with E-state index < -0.39 is 27.9 Å². The maximum absolute atomic E-state index is 12.7. The third-order valence-corrected chi connectivity index (χ3v) is 5.46. The Bertz CT molecular complexity index is 868. The van der Waals surface area contributed by atoms with Crippen LogP contribution in [-0.4, -0.2) is 64.9 Å². The third-order valence-electron chi connectivity index (χ3n) is 5.46. The second kappa shape index (κ2) is 8.60. The lowest BCUT2D eigenvalue weighted by Gasteiger charge is -2.40. The number of anilines is 1. The number of nitrogens with zero attached hydrogens (tertiary/aromatic N) is 3. The van der Waals surface area contributed by atoms with E-state index in [9.17, 15) is 24.8 Å². The van der Waals surface area contributed by atoms with E-state index >= 15 is 0 Å². The van der Waals surface area contributed by atoms with Crippen molar-refractivity contribution in [1.29, 1.82) is 0 Å². The highest BCUT2D eigenvalue weighted by Crippen LogP contribution is 2.41. The molecule has 0 radical (unpaired) electrons. The number of hydrogen-bond donors (Lipinski definition) is 1. The van der Waals surface area contributed by atoms with Crippen molar-refractivity contribution >= 4 is 23.4 Å². The molecule has 10 heteroatoms. The summed E-state index contributed by atoms with van der Waals surface area (Å²) >= 11 is 0. The fourth-order valence-electron chi connectivity index (χ4n) is 3.93. The molecule has 0 bridgehead atoms. The zero-order valence-electron chi connectivity index (χ0n) is 18.3. The van der Waals surface area contributed by atoms with Crippen molar-refractivity contribution in [1.82, 2.24) is 4.90 Å². The minimum atomic E-state index is -0.885. The van der Waals surface area contributed by atoms with Gasteiger partial charge in [0.25, 0.3) is 0 Å². The number of methoxy groups -OCH3 is 1. The smallest absolute Gasteiger partial charge is 0.410 e. The molecule has 1 aromatic carbocycles. The van der Waals surface area contributed by atoms with Crippen molar-refractivity contribution in [2.24, 2.45) is 0 Å². The third kappa shape index (κ3) is 5.00. The van der Waals surface area contributed by atoms with Crippen LogP contribution < -0.4 is 4.90 Å². The van der Waals surface area contributed by atoms with E-state index in [-0.39, 0.29) is 29.4 Å². The number of nitro groups is 1. The molecule has 2 fully saturated rings. The Morgan fingerprint density at radius 1 is 1.16 bits per heavy atom. The van der Waals surface area contributed by atoms with Crippen molar-refractivity contribution in [3.8, 4) is 5.75 Å². The summed E-state index contributed by atoms with van der Waals surface area (Å²) in [4.78, 5) is 38.9. The standard InChI is InChI=1S/C21H29N3O7/c1-21(2,3)31-20(27)23(13-5-6-13)14-9-11-22(12-10-14)16-8-7-15(19(26)30-4)17(18(16)25)24(28)29/h7-8,13-14,25H,5-6,9-12H2,1-4H3. The number of esters is 1. The van der Waals surface area contributed by atoms with Gasteiger partial charge in [0.15, 0.2) is 0 Å². The molecule has 31 heavy (non-hydrogen) atoms. The summed E-state index contributed by atoms with van der Waals surface area (Å²) in [6.45, 7) is 6.52. The molecular weight excluding hydrogens is 406 g/mol. The van der Waals surface area contributed by atoms with Gasteiger partial charge in [0.1, 0.15) is 11.2 Å². The number of phenolic OH excluding ortho intramolecular Hbond substituents is 1. The van der Waals surface area contributed by atoms with Gasteiger partial charge in [-0.25, -0.2) is 9.59 Å². The SMILES string of the molecule is COC(=O)c1ccc(N2CCC(N(C(=O)OC(C)(C)C)C3CC3)CC2)c(O)c1[N+](=O)[O-]. The van der Waals surface area contributed by atoms with Crippen LogP contribution in [0.3, 0.4) is 0 Å². The fourth-order valence-corrected chi connectivity index (χ4v) is 3.93. The molecule has 1 N–H and O–H groups in total. The van der Waals surface area contributed by atoms with Gasteiger partial charge in [0.05, 0.1) is 17.7 Å². The lowest BCUT2D eigenvalue weighted by Crippen LogP contribution is -2.50. The molecule has 1 saturated carbocycles. The van der Waals surface area contributed by atoms with Crippen LogP contribution in [0.15, 0.2) is 12.1 Å². The summed E-state index contributed by atoms with van der Waals surface area (Å²) in [7, 11) is 1.12. The molecule has 1 aromatic rings. The van der Waals surface area contributed by atoms with Gasteiger partial charge < -0.3 is 24.4 Å². The van der Waals surface area contributed by atoms with Gasteiger partial charge in [0, 0.05) is 25.2 Å². The van der Waals surface area contributed by atoms with Crippen LogP contribution in [-0.2, 0) is 9.47 Å². The van der Waals surface area contributed by atoms with E-state index in [4.69, 9.17) is 4.74 Å². The van der Waals surface area contributed by atoms with Gasteiger partial charge >= 0.3 is 17.7 Å². The number of amides is 1. The van der Waals surface area contributed by atoms with Gasteiger partial charge in [-0.3, -0.25) is 10.1 Å². The number of hydrogen-bond acceptors (Lipinski definition) is 8. The van der Waals surface area contributed by atoms with Crippen molar-refractivity contribution in [3.05, 3.63) is 27.8 Å². The Morgan fingerprint density at radius 3 is 2.23 bits per heavy atom. The van der Waals surface area contributed by atoms with Gasteiger partial charge in [0.2, 0.25) is 5.75 Å². The number of ether oxygens (including phenoxy) is 2. The first-order chi connectivity index (χ1) is 14.5. The van der Waals surface area contributed by atoms with Crippen molar-refractivity contribution in [3.63, 3.8) is 0 Å². The lowest BCUT2D eigenvalue weighted by atomic mass is 10.0. The number of carbonyl (C=O) groups is 2. The second-order valence-corrected chi connectivity index (χ2v) is 8.92. The summed E-state index contributed by atoms with van der Waals surface area (Å²) in [5.41, 5.74) is -1.25. The highest BCUT2D eigenvalue weighted by atomic mass is 16.6. The molecule has 170 valence electrons. The van der Waals surface area contributed by atoms with Crippen LogP contribution in [0.1, 0.15) is 56.8 Å². The maximum atomic E-state index is 12.7. The number of aromatic hydroxyl groups is 1. The quantitative estimate of drug-likeness (QED) is 0.424. The van der Waals surface area contributed by atoms with Crippen LogP contribution in [0.5, 0.6) is 5.75 Å². The Balaban J connectivity index is 1.76. The summed E-state index contributed by atoms with van der Waals surface area (Å²) in [5, 5.41) is 22.0. The summed E-state index contributed by atoms with van der Waals surface area (Å²) in [6.07, 6.45) is 2.89. The van der Waals surface area contributed by atoms with Gasteiger partial charge in [-0.05, 0) is 58.6 Å². The summed E-state index contributed by atoms with van der Waals surface area (Å²) in [6, 6.07) is 2.98. The molecule has 10 nitrogen and oxygen atoms in total. The topological polar surface area (TPSA) is 122 Å². The predicted octanol–water partition coefficient (Wildman–Crippen LogP) is 3.46.